The molecule has 1 fully saturated rings. The van der Waals surface area contributed by atoms with Crippen molar-refractivity contribution < 1.29 is 14.3 Å². The van der Waals surface area contributed by atoms with E-state index in [2.05, 4.69) is 0 Å². The Morgan fingerprint density at radius 3 is 2.56 bits per heavy atom. The first kappa shape index (κ1) is 12.7. The van der Waals surface area contributed by atoms with Gasteiger partial charge in [-0.25, -0.2) is 0 Å². The van der Waals surface area contributed by atoms with E-state index in [0.29, 0.717) is 23.6 Å². The van der Waals surface area contributed by atoms with Gasteiger partial charge in [0.1, 0.15) is 11.5 Å². The number of hydrogen-bond donors (Lipinski definition) is 1. The summed E-state index contributed by atoms with van der Waals surface area (Å²) in [5.74, 6) is 1.35. The number of hydrogen-bond acceptors (Lipinski definition) is 4. The maximum Gasteiger partial charge on any atom is 0.229 e. The van der Waals surface area contributed by atoms with Crippen LogP contribution in [0.5, 0.6) is 11.5 Å². The molecule has 2 N–H and O–H groups in total. The first-order chi connectivity index (χ1) is 8.58. The molecule has 2 unspecified atom stereocenters. The topological polar surface area (TPSA) is 64.8 Å². The summed E-state index contributed by atoms with van der Waals surface area (Å²) in [5.41, 5.74) is 6.63. The third-order valence-corrected chi connectivity index (χ3v) is 3.35. The lowest BCUT2D eigenvalue weighted by atomic mass is 10.1. The highest BCUT2D eigenvalue weighted by atomic mass is 16.5. The molecule has 0 spiro atoms. The van der Waals surface area contributed by atoms with Gasteiger partial charge in [-0.2, -0.15) is 0 Å². The Hall–Kier alpha value is -1.75. The number of rotatable bonds is 3. The van der Waals surface area contributed by atoms with Crippen LogP contribution in [0.15, 0.2) is 18.2 Å². The molecular formula is C13H18N2O3. The maximum absolute atomic E-state index is 12.0. The predicted octanol–water partition coefficient (Wildman–Crippen LogP) is 1.16. The second-order valence-corrected chi connectivity index (χ2v) is 4.41. The largest absolute Gasteiger partial charge is 0.497 e. The standard InChI is InChI=1S/C13H18N2O3/c1-8-10(14)7-13(16)15(8)11-6-9(17-2)4-5-12(11)18-3/h4-6,8,10H,7,14H2,1-3H3. The summed E-state index contributed by atoms with van der Waals surface area (Å²) in [6, 6.07) is 5.20. The van der Waals surface area contributed by atoms with E-state index >= 15 is 0 Å². The summed E-state index contributed by atoms with van der Waals surface area (Å²) in [6.07, 6.45) is 0.363. The fourth-order valence-corrected chi connectivity index (χ4v) is 2.23. The van der Waals surface area contributed by atoms with Crippen LogP contribution in [-0.2, 0) is 4.79 Å². The number of ether oxygens (including phenoxy) is 2. The van der Waals surface area contributed by atoms with Crippen LogP contribution in [0.2, 0.25) is 0 Å². The second-order valence-electron chi connectivity index (χ2n) is 4.41. The van der Waals surface area contributed by atoms with Crippen LogP contribution in [-0.4, -0.2) is 32.2 Å². The Morgan fingerprint density at radius 2 is 2.06 bits per heavy atom. The van der Waals surface area contributed by atoms with Gasteiger partial charge in [0.15, 0.2) is 0 Å². The van der Waals surface area contributed by atoms with Crippen molar-refractivity contribution >= 4 is 11.6 Å². The molecule has 2 atom stereocenters. The Labute approximate surface area is 106 Å². The Kier molecular flexibility index (Phi) is 3.43. The molecule has 1 aromatic carbocycles. The summed E-state index contributed by atoms with van der Waals surface area (Å²) in [5, 5.41) is 0. The van der Waals surface area contributed by atoms with E-state index in [1.807, 2.05) is 6.92 Å². The Morgan fingerprint density at radius 1 is 1.33 bits per heavy atom. The maximum atomic E-state index is 12.0. The first-order valence-corrected chi connectivity index (χ1v) is 5.88. The summed E-state index contributed by atoms with van der Waals surface area (Å²) in [7, 11) is 3.17. The minimum absolute atomic E-state index is 0.0153. The molecule has 0 aliphatic carbocycles. The molecule has 0 saturated carbocycles. The van der Waals surface area contributed by atoms with E-state index in [1.165, 1.54) is 0 Å². The molecule has 18 heavy (non-hydrogen) atoms. The van der Waals surface area contributed by atoms with E-state index < -0.39 is 0 Å². The number of anilines is 1. The monoisotopic (exact) mass is 250 g/mol. The SMILES string of the molecule is COc1ccc(OC)c(N2C(=O)CC(N)C2C)c1. The van der Waals surface area contributed by atoms with Crippen LogP contribution in [0.1, 0.15) is 13.3 Å². The average molecular weight is 250 g/mol. The van der Waals surface area contributed by atoms with Crippen LogP contribution >= 0.6 is 0 Å². The van der Waals surface area contributed by atoms with Gasteiger partial charge in [-0.1, -0.05) is 0 Å². The molecule has 98 valence electrons. The molecule has 5 nitrogen and oxygen atoms in total. The number of carbonyl (C=O) groups is 1. The van der Waals surface area contributed by atoms with Crippen LogP contribution in [0.4, 0.5) is 5.69 Å². The molecule has 1 saturated heterocycles. The zero-order valence-corrected chi connectivity index (χ0v) is 10.8. The third kappa shape index (κ3) is 2.01. The predicted molar refractivity (Wildman–Crippen MR) is 69.1 cm³/mol. The smallest absolute Gasteiger partial charge is 0.229 e. The summed E-state index contributed by atoms with van der Waals surface area (Å²) in [6.45, 7) is 1.94. The Bertz CT molecular complexity index is 462. The molecule has 0 aromatic heterocycles. The first-order valence-electron chi connectivity index (χ1n) is 5.88. The van der Waals surface area contributed by atoms with Crippen molar-refractivity contribution in [2.45, 2.75) is 25.4 Å². The average Bonchev–Trinajstić information content (AvgIpc) is 2.62. The molecule has 0 radical (unpaired) electrons. The van der Waals surface area contributed by atoms with Gasteiger partial charge in [-0.3, -0.25) is 4.79 Å². The van der Waals surface area contributed by atoms with E-state index in [9.17, 15) is 4.79 Å². The summed E-state index contributed by atoms with van der Waals surface area (Å²) >= 11 is 0. The van der Waals surface area contributed by atoms with E-state index in [4.69, 9.17) is 15.2 Å². The highest BCUT2D eigenvalue weighted by molar-refractivity contribution is 5.98. The van der Waals surface area contributed by atoms with Gasteiger partial charge in [-0.15, -0.1) is 0 Å². The van der Waals surface area contributed by atoms with Crippen LogP contribution in [0.3, 0.4) is 0 Å². The number of amides is 1. The van der Waals surface area contributed by atoms with Crippen molar-refractivity contribution in [2.24, 2.45) is 5.73 Å². The molecule has 1 aromatic rings. The lowest BCUT2D eigenvalue weighted by Crippen LogP contribution is -2.38. The molecule has 1 heterocycles. The lowest BCUT2D eigenvalue weighted by molar-refractivity contribution is -0.117. The number of carbonyl (C=O) groups excluding carboxylic acids is 1. The molecule has 1 aliphatic rings. The van der Waals surface area contributed by atoms with Crippen LogP contribution < -0.4 is 20.1 Å². The van der Waals surface area contributed by atoms with Crippen LogP contribution in [0.25, 0.3) is 0 Å². The van der Waals surface area contributed by atoms with E-state index in [0.717, 1.165) is 0 Å². The number of nitrogens with zero attached hydrogens (tertiary/aromatic N) is 1. The normalized spacial score (nSPS) is 23.3. The fourth-order valence-electron chi connectivity index (χ4n) is 2.23. The van der Waals surface area contributed by atoms with Crippen molar-refractivity contribution in [1.29, 1.82) is 0 Å². The summed E-state index contributed by atoms with van der Waals surface area (Å²) < 4.78 is 10.5. The zero-order valence-electron chi connectivity index (χ0n) is 10.8. The van der Waals surface area contributed by atoms with Gasteiger partial charge in [0.05, 0.1) is 19.9 Å². The molecule has 0 bridgehead atoms. The second kappa shape index (κ2) is 4.86. The highest BCUT2D eigenvalue weighted by Gasteiger charge is 2.36. The minimum Gasteiger partial charge on any atom is -0.497 e. The van der Waals surface area contributed by atoms with Crippen LogP contribution in [0, 0.1) is 0 Å². The molecule has 1 aliphatic heterocycles. The van der Waals surface area contributed by atoms with E-state index in [-0.39, 0.29) is 18.0 Å². The van der Waals surface area contributed by atoms with Gasteiger partial charge in [0, 0.05) is 24.6 Å². The molecule has 5 heteroatoms. The van der Waals surface area contributed by atoms with Crippen molar-refractivity contribution in [1.82, 2.24) is 0 Å². The minimum atomic E-state index is -0.145. The third-order valence-electron chi connectivity index (χ3n) is 3.35. The quantitative estimate of drug-likeness (QED) is 0.874. The van der Waals surface area contributed by atoms with Crippen molar-refractivity contribution in [2.75, 3.05) is 19.1 Å². The zero-order chi connectivity index (χ0) is 13.3. The Balaban J connectivity index is 2.45. The van der Waals surface area contributed by atoms with Gasteiger partial charge in [-0.05, 0) is 19.1 Å². The van der Waals surface area contributed by atoms with Crippen molar-refractivity contribution in [3.05, 3.63) is 18.2 Å². The number of nitrogens with two attached hydrogens (primary N) is 1. The fraction of sp³-hybridized carbons (Fsp3) is 0.462. The molecule has 2 rings (SSSR count). The van der Waals surface area contributed by atoms with Crippen molar-refractivity contribution in [3.8, 4) is 11.5 Å². The number of benzene rings is 1. The molecule has 1 amide bonds. The number of methoxy groups -OCH3 is 2. The summed E-state index contributed by atoms with van der Waals surface area (Å²) in [4.78, 5) is 13.7. The van der Waals surface area contributed by atoms with E-state index in [1.54, 1.807) is 37.3 Å². The lowest BCUT2D eigenvalue weighted by Gasteiger charge is -2.25. The van der Waals surface area contributed by atoms with Gasteiger partial charge in [0.2, 0.25) is 5.91 Å². The highest BCUT2D eigenvalue weighted by Crippen LogP contribution is 2.36. The van der Waals surface area contributed by atoms with Gasteiger partial charge < -0.3 is 20.1 Å². The molecular weight excluding hydrogens is 232 g/mol. The van der Waals surface area contributed by atoms with Gasteiger partial charge >= 0.3 is 0 Å². The van der Waals surface area contributed by atoms with Gasteiger partial charge in [0.25, 0.3) is 0 Å². The van der Waals surface area contributed by atoms with Crippen molar-refractivity contribution in [3.63, 3.8) is 0 Å².